The topological polar surface area (TPSA) is 0 Å². The third-order valence-corrected chi connectivity index (χ3v) is 7.96. The molecule has 0 bridgehead atoms. The second-order valence-electron chi connectivity index (χ2n) is 8.97. The molecule has 3 aromatic rings. The van der Waals surface area contributed by atoms with Crippen LogP contribution < -0.4 is 37.2 Å². The summed E-state index contributed by atoms with van der Waals surface area (Å²) in [6.07, 6.45) is 9.34. The van der Waals surface area contributed by atoms with E-state index < -0.39 is 0 Å². The van der Waals surface area contributed by atoms with E-state index in [1.165, 1.54) is 39.0 Å². The molecule has 0 aromatic heterocycles. The molecule has 0 saturated carbocycles. The van der Waals surface area contributed by atoms with Crippen molar-refractivity contribution in [2.45, 2.75) is 49.7 Å². The van der Waals surface area contributed by atoms with Gasteiger partial charge < -0.3 is 37.2 Å². The van der Waals surface area contributed by atoms with E-state index in [9.17, 15) is 0 Å². The summed E-state index contributed by atoms with van der Waals surface area (Å²) < 4.78 is -0.154. The fourth-order valence-electron chi connectivity index (χ4n) is 5.28. The fraction of sp³-hybridized carbons (Fsp3) is 0.267. The van der Waals surface area contributed by atoms with Gasteiger partial charge in [0.15, 0.2) is 0 Å². The molecular formula is C30H31Cl3Ti. The Hall–Kier alpha value is -1.28. The predicted molar refractivity (Wildman–Crippen MR) is 128 cm³/mol. The van der Waals surface area contributed by atoms with E-state index in [2.05, 4.69) is 139 Å². The van der Waals surface area contributed by atoms with Crippen molar-refractivity contribution in [2.24, 2.45) is 0 Å². The van der Waals surface area contributed by atoms with Gasteiger partial charge in [0.25, 0.3) is 0 Å². The monoisotopic (exact) mass is 544 g/mol. The molecule has 34 heavy (non-hydrogen) atoms. The minimum absolute atomic E-state index is 0. The first-order valence-corrected chi connectivity index (χ1v) is 12.0. The number of benzene rings is 3. The first kappa shape index (κ1) is 30.8. The third-order valence-electron chi connectivity index (χ3n) is 6.61. The van der Waals surface area contributed by atoms with E-state index in [1.807, 2.05) is 0 Å². The van der Waals surface area contributed by atoms with Crippen molar-refractivity contribution in [2.75, 3.05) is 0 Å². The number of aryl methyl sites for hydroxylation is 3. The van der Waals surface area contributed by atoms with Crippen LogP contribution in [0.25, 0.3) is 0 Å². The molecule has 1 aliphatic rings. The second kappa shape index (κ2) is 12.6. The first-order chi connectivity index (χ1) is 14.9. The number of allylic oxidation sites excluding steroid dienone is 4. The molecule has 0 fully saturated rings. The van der Waals surface area contributed by atoms with Crippen LogP contribution in [0.3, 0.4) is 0 Å². The van der Waals surface area contributed by atoms with E-state index in [1.54, 1.807) is 0 Å². The van der Waals surface area contributed by atoms with Gasteiger partial charge in [-0.05, 0) is 0 Å². The first-order valence-electron chi connectivity index (χ1n) is 11.3. The van der Waals surface area contributed by atoms with Crippen LogP contribution in [0.5, 0.6) is 0 Å². The molecular weight excluding hydrogens is 515 g/mol. The fourth-order valence-corrected chi connectivity index (χ4v) is 6.43. The molecule has 1 unspecified atom stereocenters. The van der Waals surface area contributed by atoms with Crippen LogP contribution >= 0.6 is 0 Å². The van der Waals surface area contributed by atoms with Crippen LogP contribution in [-0.2, 0) is 25.9 Å². The van der Waals surface area contributed by atoms with Crippen molar-refractivity contribution in [1.82, 2.24) is 0 Å². The molecule has 176 valence electrons. The Labute approximate surface area is 236 Å². The van der Waals surface area contributed by atoms with Crippen LogP contribution in [-0.4, -0.2) is 0 Å². The molecule has 0 aliphatic heterocycles. The number of rotatable bonds is 6. The Morgan fingerprint density at radius 1 is 0.706 bits per heavy atom. The quantitative estimate of drug-likeness (QED) is 0.274. The van der Waals surface area contributed by atoms with Gasteiger partial charge in [-0.1, -0.05) is 0 Å². The van der Waals surface area contributed by atoms with Gasteiger partial charge in [0.2, 0.25) is 0 Å². The number of halogens is 3. The molecule has 3 aromatic carbocycles. The largest absolute Gasteiger partial charge is 1.00 e. The summed E-state index contributed by atoms with van der Waals surface area (Å²) >= 11 is 2.45. The summed E-state index contributed by atoms with van der Waals surface area (Å²) in [6.45, 7) is 8.90. The van der Waals surface area contributed by atoms with E-state index in [0.717, 1.165) is 12.8 Å². The minimum Gasteiger partial charge on any atom is -1.00 e. The van der Waals surface area contributed by atoms with Crippen LogP contribution in [0.2, 0.25) is 3.72 Å². The molecule has 4 rings (SSSR count). The zero-order valence-corrected chi connectivity index (χ0v) is 24.0. The predicted octanol–water partition coefficient (Wildman–Crippen LogP) is -1.04. The Morgan fingerprint density at radius 2 is 1.12 bits per heavy atom. The maximum Gasteiger partial charge on any atom is -1.00 e. The van der Waals surface area contributed by atoms with E-state index in [-0.39, 0.29) is 46.4 Å². The molecule has 0 saturated heterocycles. The van der Waals surface area contributed by atoms with Gasteiger partial charge in [0.1, 0.15) is 0 Å². The molecule has 1 atom stereocenters. The van der Waals surface area contributed by atoms with Crippen LogP contribution in [0.1, 0.15) is 53.1 Å². The number of hydrogen-bond donors (Lipinski definition) is 0. The summed E-state index contributed by atoms with van der Waals surface area (Å²) in [5.41, 5.74) is 9.18. The average molecular weight is 546 g/mol. The molecule has 0 radical (unpaired) electrons. The Bertz CT molecular complexity index is 1050. The number of hydrogen-bond acceptors (Lipinski definition) is 0. The molecule has 0 nitrogen and oxygen atoms in total. The molecule has 0 spiro atoms. The molecule has 0 heterocycles. The molecule has 4 heteroatoms. The van der Waals surface area contributed by atoms with Crippen molar-refractivity contribution >= 4 is 0 Å². The second-order valence-corrected chi connectivity index (χ2v) is 10.2. The zero-order chi connectivity index (χ0) is 22.1. The van der Waals surface area contributed by atoms with Gasteiger partial charge in [-0.25, -0.2) is 0 Å². The molecule has 0 amide bonds. The smallest absolute Gasteiger partial charge is 1.00 e. The minimum atomic E-state index is -0.314. The van der Waals surface area contributed by atoms with Crippen LogP contribution in [0.15, 0.2) is 96.6 Å². The Balaban J connectivity index is 0.00000193. The maximum absolute atomic E-state index is 2.45. The zero-order valence-electron chi connectivity index (χ0n) is 20.2. The molecule has 1 aliphatic carbocycles. The van der Waals surface area contributed by atoms with Crippen LogP contribution in [0, 0.1) is 20.8 Å². The van der Waals surface area contributed by atoms with Gasteiger partial charge in [0.05, 0.1) is 0 Å². The van der Waals surface area contributed by atoms with Gasteiger partial charge in [-0.2, -0.15) is 0 Å². The van der Waals surface area contributed by atoms with Gasteiger partial charge in [0, 0.05) is 0 Å². The van der Waals surface area contributed by atoms with E-state index in [0.29, 0.717) is 0 Å². The van der Waals surface area contributed by atoms with Crippen molar-refractivity contribution in [3.8, 4) is 0 Å². The summed E-state index contributed by atoms with van der Waals surface area (Å²) in [6, 6.07) is 27.4. The SMILES string of the molecule is CCCC1=CC=C[C]1([Ti+3])C(c1cccc(C)c1)(c1cccc(C)c1)c1cccc(C)c1.[Cl-].[Cl-].[Cl-]. The Morgan fingerprint density at radius 3 is 1.47 bits per heavy atom. The summed E-state index contributed by atoms with van der Waals surface area (Å²) in [4.78, 5) is 0. The van der Waals surface area contributed by atoms with Gasteiger partial charge in [-0.3, -0.25) is 0 Å². The third kappa shape index (κ3) is 5.28. The van der Waals surface area contributed by atoms with Crippen molar-refractivity contribution < 1.29 is 57.7 Å². The van der Waals surface area contributed by atoms with Crippen molar-refractivity contribution in [3.63, 3.8) is 0 Å². The summed E-state index contributed by atoms with van der Waals surface area (Å²) in [5, 5.41) is 0. The van der Waals surface area contributed by atoms with Crippen LogP contribution in [0.4, 0.5) is 0 Å². The normalized spacial score (nSPS) is 16.7. The van der Waals surface area contributed by atoms with E-state index in [4.69, 9.17) is 0 Å². The van der Waals surface area contributed by atoms with Gasteiger partial charge >= 0.3 is 200 Å². The van der Waals surface area contributed by atoms with E-state index >= 15 is 0 Å². The summed E-state index contributed by atoms with van der Waals surface area (Å²) in [7, 11) is 0. The summed E-state index contributed by atoms with van der Waals surface area (Å²) in [5.74, 6) is 0. The van der Waals surface area contributed by atoms with Gasteiger partial charge in [-0.15, -0.1) is 0 Å². The molecule has 0 N–H and O–H groups in total. The Kier molecular flexibility index (Phi) is 11.4. The maximum atomic E-state index is 2.45. The van der Waals surface area contributed by atoms with Crippen molar-refractivity contribution in [1.29, 1.82) is 0 Å². The standard InChI is InChI=1S/C30H31.3ClH.Ti/c1-5-10-25-14-9-18-29(25)30(26-15-6-11-22(2)19-26,27-16-7-12-23(3)20-27)28-17-8-13-24(4)21-28;;;;/h6-9,11-21H,5,10H2,1-4H3;3*1H;/q;;;;+3/p-3. The average Bonchev–Trinajstić information content (AvgIpc) is 3.10. The van der Waals surface area contributed by atoms with Crippen molar-refractivity contribution in [3.05, 3.63) is 130 Å².